The molecule has 0 aromatic carbocycles. The number of hydrogen-bond donors (Lipinski definition) is 1. The van der Waals surface area contributed by atoms with E-state index in [0.717, 1.165) is 11.6 Å². The van der Waals surface area contributed by atoms with E-state index in [9.17, 15) is 0 Å². The average Bonchev–Trinajstić information content (AvgIpc) is 2.15. The van der Waals surface area contributed by atoms with Gasteiger partial charge >= 0.3 is 0 Å². The van der Waals surface area contributed by atoms with Gasteiger partial charge in [0, 0.05) is 11.4 Å². The quantitative estimate of drug-likeness (QED) is 0.698. The SMILES string of the molecule is C=C(C)N/C(=C\C)C1CCCCC1. The molecule has 0 unspecified atom stereocenters. The molecule has 0 radical (unpaired) electrons. The van der Waals surface area contributed by atoms with Gasteiger partial charge in [-0.3, -0.25) is 0 Å². The monoisotopic (exact) mass is 179 g/mol. The zero-order valence-electron chi connectivity index (χ0n) is 8.90. The summed E-state index contributed by atoms with van der Waals surface area (Å²) in [5.74, 6) is 0.760. The minimum absolute atomic E-state index is 0.760. The lowest BCUT2D eigenvalue weighted by Gasteiger charge is -2.25. The smallest absolute Gasteiger partial charge is 0.0136 e. The molecule has 13 heavy (non-hydrogen) atoms. The van der Waals surface area contributed by atoms with Crippen molar-refractivity contribution in [3.8, 4) is 0 Å². The summed E-state index contributed by atoms with van der Waals surface area (Å²) in [5.41, 5.74) is 2.44. The van der Waals surface area contributed by atoms with E-state index in [2.05, 4.69) is 24.9 Å². The molecule has 0 spiro atoms. The van der Waals surface area contributed by atoms with E-state index < -0.39 is 0 Å². The molecule has 1 saturated carbocycles. The molecule has 0 atom stereocenters. The Hall–Kier alpha value is -0.720. The standard InChI is InChI=1S/C12H21N/c1-4-12(13-10(2)3)11-8-6-5-7-9-11/h4,11,13H,2,5-9H2,1,3H3/b12-4-. The molecular weight excluding hydrogens is 158 g/mol. The number of hydrogen-bond acceptors (Lipinski definition) is 1. The van der Waals surface area contributed by atoms with Crippen LogP contribution in [-0.4, -0.2) is 0 Å². The highest BCUT2D eigenvalue weighted by molar-refractivity contribution is 5.10. The van der Waals surface area contributed by atoms with Gasteiger partial charge < -0.3 is 5.32 Å². The van der Waals surface area contributed by atoms with Crippen LogP contribution in [0.5, 0.6) is 0 Å². The summed E-state index contributed by atoms with van der Waals surface area (Å²) in [6.07, 6.45) is 9.09. The lowest BCUT2D eigenvalue weighted by molar-refractivity contribution is 0.391. The van der Waals surface area contributed by atoms with Crippen LogP contribution in [0.2, 0.25) is 0 Å². The van der Waals surface area contributed by atoms with Gasteiger partial charge in [0.05, 0.1) is 0 Å². The van der Waals surface area contributed by atoms with Gasteiger partial charge in [0.25, 0.3) is 0 Å². The van der Waals surface area contributed by atoms with E-state index in [-0.39, 0.29) is 0 Å². The summed E-state index contributed by atoms with van der Waals surface area (Å²) in [5, 5.41) is 3.37. The first-order valence-electron chi connectivity index (χ1n) is 5.32. The lowest BCUT2D eigenvalue weighted by atomic mass is 9.86. The van der Waals surface area contributed by atoms with Crippen molar-refractivity contribution in [3.63, 3.8) is 0 Å². The van der Waals surface area contributed by atoms with Gasteiger partial charge in [-0.2, -0.15) is 0 Å². The van der Waals surface area contributed by atoms with Crippen molar-refractivity contribution in [1.82, 2.24) is 5.32 Å². The first-order chi connectivity index (χ1) is 6.24. The maximum atomic E-state index is 3.89. The Morgan fingerprint density at radius 3 is 2.38 bits per heavy atom. The third-order valence-corrected chi connectivity index (χ3v) is 2.71. The highest BCUT2D eigenvalue weighted by Crippen LogP contribution is 2.28. The predicted molar refractivity (Wildman–Crippen MR) is 58.3 cm³/mol. The van der Waals surface area contributed by atoms with Crippen LogP contribution in [0.15, 0.2) is 24.0 Å². The van der Waals surface area contributed by atoms with Gasteiger partial charge in [-0.05, 0) is 32.6 Å². The highest BCUT2D eigenvalue weighted by Gasteiger charge is 2.16. The molecule has 1 N–H and O–H groups in total. The Morgan fingerprint density at radius 1 is 1.31 bits per heavy atom. The first kappa shape index (κ1) is 10.4. The molecular formula is C12H21N. The van der Waals surface area contributed by atoms with Crippen LogP contribution < -0.4 is 5.32 Å². The second kappa shape index (κ2) is 5.11. The molecule has 1 aliphatic carbocycles. The van der Waals surface area contributed by atoms with Crippen LogP contribution >= 0.6 is 0 Å². The van der Waals surface area contributed by atoms with E-state index in [1.54, 1.807) is 0 Å². The maximum absolute atomic E-state index is 3.89. The van der Waals surface area contributed by atoms with Crippen LogP contribution in [0.1, 0.15) is 46.0 Å². The Balaban J connectivity index is 2.50. The van der Waals surface area contributed by atoms with Crippen molar-refractivity contribution >= 4 is 0 Å². The first-order valence-corrected chi connectivity index (χ1v) is 5.32. The second-order valence-corrected chi connectivity index (χ2v) is 3.98. The molecule has 74 valence electrons. The zero-order chi connectivity index (χ0) is 9.68. The third-order valence-electron chi connectivity index (χ3n) is 2.71. The molecule has 0 bridgehead atoms. The average molecular weight is 179 g/mol. The molecule has 1 nitrogen and oxygen atoms in total. The summed E-state index contributed by atoms with van der Waals surface area (Å²) < 4.78 is 0. The largest absolute Gasteiger partial charge is 0.363 e. The summed E-state index contributed by atoms with van der Waals surface area (Å²) in [4.78, 5) is 0. The molecule has 1 fully saturated rings. The Bertz CT molecular complexity index is 197. The Kier molecular flexibility index (Phi) is 4.07. The van der Waals surface area contributed by atoms with Crippen molar-refractivity contribution < 1.29 is 0 Å². The van der Waals surface area contributed by atoms with E-state index in [1.165, 1.54) is 37.8 Å². The molecule has 0 saturated heterocycles. The lowest BCUT2D eigenvalue weighted by Crippen LogP contribution is -2.20. The summed E-state index contributed by atoms with van der Waals surface area (Å²) in [6.45, 7) is 8.02. The summed E-state index contributed by atoms with van der Waals surface area (Å²) in [6, 6.07) is 0. The van der Waals surface area contributed by atoms with Crippen molar-refractivity contribution in [2.45, 2.75) is 46.0 Å². The van der Waals surface area contributed by atoms with Crippen LogP contribution in [0.3, 0.4) is 0 Å². The minimum atomic E-state index is 0.760. The van der Waals surface area contributed by atoms with E-state index in [4.69, 9.17) is 0 Å². The van der Waals surface area contributed by atoms with Gasteiger partial charge in [0.2, 0.25) is 0 Å². The van der Waals surface area contributed by atoms with Gasteiger partial charge in [-0.15, -0.1) is 0 Å². The van der Waals surface area contributed by atoms with Crippen molar-refractivity contribution in [2.75, 3.05) is 0 Å². The minimum Gasteiger partial charge on any atom is -0.363 e. The highest BCUT2D eigenvalue weighted by atomic mass is 14.9. The molecule has 1 heteroatoms. The normalized spacial score (nSPS) is 20.0. The molecule has 1 aliphatic rings. The predicted octanol–water partition coefficient (Wildman–Crippen LogP) is 3.59. The molecule has 0 aliphatic heterocycles. The fourth-order valence-corrected chi connectivity index (χ4v) is 2.07. The molecule has 1 rings (SSSR count). The fourth-order valence-electron chi connectivity index (χ4n) is 2.07. The second-order valence-electron chi connectivity index (χ2n) is 3.98. The van der Waals surface area contributed by atoms with E-state index in [0.29, 0.717) is 0 Å². The third kappa shape index (κ3) is 3.25. The van der Waals surface area contributed by atoms with E-state index in [1.807, 2.05) is 6.92 Å². The summed E-state index contributed by atoms with van der Waals surface area (Å²) >= 11 is 0. The summed E-state index contributed by atoms with van der Waals surface area (Å²) in [7, 11) is 0. The number of rotatable bonds is 3. The topological polar surface area (TPSA) is 12.0 Å². The number of nitrogens with one attached hydrogen (secondary N) is 1. The molecule has 0 aromatic rings. The van der Waals surface area contributed by atoms with Crippen LogP contribution in [0.4, 0.5) is 0 Å². The van der Waals surface area contributed by atoms with Gasteiger partial charge in [0.1, 0.15) is 0 Å². The fraction of sp³-hybridized carbons (Fsp3) is 0.667. The van der Waals surface area contributed by atoms with Gasteiger partial charge in [-0.1, -0.05) is 31.9 Å². The maximum Gasteiger partial charge on any atom is 0.0136 e. The molecule has 0 heterocycles. The molecule has 0 aromatic heterocycles. The van der Waals surface area contributed by atoms with Crippen molar-refractivity contribution in [2.24, 2.45) is 5.92 Å². The van der Waals surface area contributed by atoms with Gasteiger partial charge in [0.15, 0.2) is 0 Å². The Morgan fingerprint density at radius 2 is 1.92 bits per heavy atom. The van der Waals surface area contributed by atoms with Crippen molar-refractivity contribution in [3.05, 3.63) is 24.0 Å². The van der Waals surface area contributed by atoms with Crippen molar-refractivity contribution in [1.29, 1.82) is 0 Å². The van der Waals surface area contributed by atoms with Gasteiger partial charge in [-0.25, -0.2) is 0 Å². The van der Waals surface area contributed by atoms with Crippen LogP contribution in [0, 0.1) is 5.92 Å². The Labute approximate surface area is 81.9 Å². The van der Waals surface area contributed by atoms with Crippen LogP contribution in [-0.2, 0) is 0 Å². The number of allylic oxidation sites excluding steroid dienone is 3. The van der Waals surface area contributed by atoms with Crippen LogP contribution in [0.25, 0.3) is 0 Å². The molecule has 0 amide bonds. The zero-order valence-corrected chi connectivity index (χ0v) is 8.90. The van der Waals surface area contributed by atoms with E-state index >= 15 is 0 Å².